The normalized spacial score (nSPS) is 14.8. The van der Waals surface area contributed by atoms with Crippen LogP contribution < -0.4 is 5.73 Å². The van der Waals surface area contributed by atoms with Crippen molar-refractivity contribution < 1.29 is 4.74 Å². The maximum Gasteiger partial charge on any atom is 0.0583 e. The second-order valence-corrected chi connectivity index (χ2v) is 4.47. The molecule has 2 heteroatoms. The molecule has 0 aliphatic rings. The van der Waals surface area contributed by atoms with Gasteiger partial charge in [0.1, 0.15) is 0 Å². The van der Waals surface area contributed by atoms with Gasteiger partial charge in [-0.25, -0.2) is 0 Å². The third kappa shape index (κ3) is 3.95. The van der Waals surface area contributed by atoms with Crippen LogP contribution in [0.15, 0.2) is 24.3 Å². The smallest absolute Gasteiger partial charge is 0.0583 e. The van der Waals surface area contributed by atoms with Gasteiger partial charge in [-0.1, -0.05) is 31.2 Å². The van der Waals surface area contributed by atoms with E-state index in [4.69, 9.17) is 10.5 Å². The maximum atomic E-state index is 5.56. The molecule has 1 rings (SSSR count). The van der Waals surface area contributed by atoms with Crippen LogP contribution in [0.2, 0.25) is 0 Å². The molecule has 0 amide bonds. The molecule has 0 saturated heterocycles. The molecular formula is C14H23NO. The van der Waals surface area contributed by atoms with Gasteiger partial charge >= 0.3 is 0 Å². The lowest BCUT2D eigenvalue weighted by molar-refractivity contribution is 0.119. The molecule has 90 valence electrons. The van der Waals surface area contributed by atoms with Gasteiger partial charge in [-0.2, -0.15) is 0 Å². The van der Waals surface area contributed by atoms with Crippen molar-refractivity contribution in [2.45, 2.75) is 38.7 Å². The van der Waals surface area contributed by atoms with E-state index in [1.807, 2.05) is 0 Å². The van der Waals surface area contributed by atoms with Crippen LogP contribution in [0.25, 0.3) is 0 Å². The third-order valence-electron chi connectivity index (χ3n) is 3.07. The average Bonchev–Trinajstić information content (AvgIpc) is 2.30. The molecule has 0 fully saturated rings. The van der Waals surface area contributed by atoms with Gasteiger partial charge in [-0.15, -0.1) is 0 Å². The molecule has 0 aliphatic carbocycles. The van der Waals surface area contributed by atoms with E-state index in [0.29, 0.717) is 5.92 Å². The summed E-state index contributed by atoms with van der Waals surface area (Å²) in [6.07, 6.45) is 2.31. The van der Waals surface area contributed by atoms with E-state index < -0.39 is 0 Å². The van der Waals surface area contributed by atoms with Crippen molar-refractivity contribution in [3.05, 3.63) is 35.4 Å². The zero-order valence-corrected chi connectivity index (χ0v) is 10.6. The van der Waals surface area contributed by atoms with Crippen LogP contribution >= 0.6 is 0 Å². The molecule has 2 unspecified atom stereocenters. The first-order chi connectivity index (χ1) is 7.67. The van der Waals surface area contributed by atoms with Crippen molar-refractivity contribution in [3.8, 4) is 0 Å². The molecule has 0 radical (unpaired) electrons. The van der Waals surface area contributed by atoms with Crippen LogP contribution in [0, 0.1) is 0 Å². The topological polar surface area (TPSA) is 35.2 Å². The van der Waals surface area contributed by atoms with E-state index in [2.05, 4.69) is 38.1 Å². The fourth-order valence-electron chi connectivity index (χ4n) is 1.81. The minimum atomic E-state index is 0.285. The molecular weight excluding hydrogens is 198 g/mol. The van der Waals surface area contributed by atoms with Crippen LogP contribution in [0.3, 0.4) is 0 Å². The number of hydrogen-bond donors (Lipinski definition) is 1. The predicted octanol–water partition coefficient (Wildman–Crippen LogP) is 2.72. The number of rotatable bonds is 6. The van der Waals surface area contributed by atoms with Crippen molar-refractivity contribution >= 4 is 0 Å². The predicted molar refractivity (Wildman–Crippen MR) is 68.7 cm³/mol. The van der Waals surface area contributed by atoms with Crippen molar-refractivity contribution in [2.75, 3.05) is 13.7 Å². The first-order valence-electron chi connectivity index (χ1n) is 5.99. The Morgan fingerprint density at radius 1 is 1.19 bits per heavy atom. The third-order valence-corrected chi connectivity index (χ3v) is 3.07. The summed E-state index contributed by atoms with van der Waals surface area (Å²) in [4.78, 5) is 0. The molecule has 0 aliphatic heterocycles. The number of methoxy groups -OCH3 is 1. The van der Waals surface area contributed by atoms with Crippen LogP contribution in [0.4, 0.5) is 0 Å². The average molecular weight is 221 g/mol. The van der Waals surface area contributed by atoms with E-state index in [-0.39, 0.29) is 6.10 Å². The Kier molecular flexibility index (Phi) is 5.50. The highest BCUT2D eigenvalue weighted by atomic mass is 16.5. The van der Waals surface area contributed by atoms with Crippen LogP contribution in [0.5, 0.6) is 0 Å². The van der Waals surface area contributed by atoms with Crippen LogP contribution in [-0.4, -0.2) is 19.8 Å². The maximum absolute atomic E-state index is 5.56. The summed E-state index contributed by atoms with van der Waals surface area (Å²) in [6, 6.07) is 8.80. The van der Waals surface area contributed by atoms with Crippen molar-refractivity contribution in [2.24, 2.45) is 5.73 Å². The number of benzene rings is 1. The Hall–Kier alpha value is -0.860. The van der Waals surface area contributed by atoms with Crippen molar-refractivity contribution in [1.29, 1.82) is 0 Å². The lowest BCUT2D eigenvalue weighted by Gasteiger charge is -2.13. The summed E-state index contributed by atoms with van der Waals surface area (Å²) in [5.74, 6) is 0.555. The first-order valence-corrected chi connectivity index (χ1v) is 5.99. The van der Waals surface area contributed by atoms with E-state index in [1.54, 1.807) is 7.11 Å². The summed E-state index contributed by atoms with van der Waals surface area (Å²) >= 11 is 0. The summed E-state index contributed by atoms with van der Waals surface area (Å²) in [5.41, 5.74) is 8.27. The quantitative estimate of drug-likeness (QED) is 0.801. The lowest BCUT2D eigenvalue weighted by atomic mass is 9.96. The molecule has 0 bridgehead atoms. The molecule has 2 atom stereocenters. The van der Waals surface area contributed by atoms with Crippen LogP contribution in [-0.2, 0) is 11.2 Å². The Balaban J connectivity index is 2.60. The van der Waals surface area contributed by atoms with Gasteiger partial charge in [0, 0.05) is 7.11 Å². The Morgan fingerprint density at radius 3 is 2.31 bits per heavy atom. The van der Waals surface area contributed by atoms with Gasteiger partial charge in [-0.05, 0) is 43.4 Å². The zero-order chi connectivity index (χ0) is 12.0. The minimum absolute atomic E-state index is 0.285. The number of nitrogens with two attached hydrogens (primary N) is 1. The van der Waals surface area contributed by atoms with Crippen LogP contribution in [0.1, 0.15) is 37.3 Å². The second-order valence-electron chi connectivity index (χ2n) is 4.47. The Morgan fingerprint density at radius 2 is 1.81 bits per heavy atom. The largest absolute Gasteiger partial charge is 0.381 e. The molecule has 0 aromatic heterocycles. The van der Waals surface area contributed by atoms with Gasteiger partial charge in [0.15, 0.2) is 0 Å². The van der Waals surface area contributed by atoms with E-state index in [9.17, 15) is 0 Å². The van der Waals surface area contributed by atoms with Gasteiger partial charge in [0.2, 0.25) is 0 Å². The highest BCUT2D eigenvalue weighted by Gasteiger charge is 2.05. The molecule has 2 N–H and O–H groups in total. The van der Waals surface area contributed by atoms with E-state index >= 15 is 0 Å². The summed E-state index contributed by atoms with van der Waals surface area (Å²) in [5, 5.41) is 0. The molecule has 16 heavy (non-hydrogen) atoms. The zero-order valence-electron chi connectivity index (χ0n) is 10.6. The lowest BCUT2D eigenvalue weighted by Crippen LogP contribution is -2.08. The molecule has 0 saturated carbocycles. The number of hydrogen-bond acceptors (Lipinski definition) is 2. The molecule has 1 aromatic carbocycles. The standard InChI is InChI=1S/C14H23NO/c1-11(8-9-15)14-6-4-13(5-7-14)10-12(2)16-3/h4-7,11-12H,8-10,15H2,1-3H3. The monoisotopic (exact) mass is 221 g/mol. The summed E-state index contributed by atoms with van der Waals surface area (Å²) in [7, 11) is 1.75. The van der Waals surface area contributed by atoms with Gasteiger partial charge in [-0.3, -0.25) is 0 Å². The van der Waals surface area contributed by atoms with Crippen molar-refractivity contribution in [3.63, 3.8) is 0 Å². The highest BCUT2D eigenvalue weighted by molar-refractivity contribution is 5.25. The van der Waals surface area contributed by atoms with E-state index in [1.165, 1.54) is 11.1 Å². The van der Waals surface area contributed by atoms with E-state index in [0.717, 1.165) is 19.4 Å². The summed E-state index contributed by atoms with van der Waals surface area (Å²) < 4.78 is 5.25. The first kappa shape index (κ1) is 13.2. The molecule has 2 nitrogen and oxygen atoms in total. The second kappa shape index (κ2) is 6.66. The highest BCUT2D eigenvalue weighted by Crippen LogP contribution is 2.19. The Labute approximate surface area is 98.8 Å². The molecule has 0 heterocycles. The fraction of sp³-hybridized carbons (Fsp3) is 0.571. The Bertz CT molecular complexity index is 294. The SMILES string of the molecule is COC(C)Cc1ccc(C(C)CCN)cc1. The van der Waals surface area contributed by atoms with Gasteiger partial charge in [0.05, 0.1) is 6.10 Å². The summed E-state index contributed by atoms with van der Waals surface area (Å²) in [6.45, 7) is 5.06. The van der Waals surface area contributed by atoms with Gasteiger partial charge < -0.3 is 10.5 Å². The molecule has 1 aromatic rings. The van der Waals surface area contributed by atoms with Crippen molar-refractivity contribution in [1.82, 2.24) is 0 Å². The fourth-order valence-corrected chi connectivity index (χ4v) is 1.81. The number of ether oxygens (including phenoxy) is 1. The van der Waals surface area contributed by atoms with Gasteiger partial charge in [0.25, 0.3) is 0 Å². The minimum Gasteiger partial charge on any atom is -0.381 e. The molecule has 0 spiro atoms.